The quantitative estimate of drug-likeness (QED) is 0.832. The number of ether oxygens (including phenoxy) is 2. The third-order valence-electron chi connectivity index (χ3n) is 4.69. The molecule has 0 spiro atoms. The Labute approximate surface area is 150 Å². The van der Waals surface area contributed by atoms with Gasteiger partial charge in [-0.1, -0.05) is 12.1 Å². The van der Waals surface area contributed by atoms with E-state index in [0.717, 1.165) is 0 Å². The average Bonchev–Trinajstić information content (AvgIpc) is 2.67. The smallest absolute Gasteiger partial charge is 0.267 e. The molecule has 0 bridgehead atoms. The fourth-order valence-electron chi connectivity index (χ4n) is 3.29. The third kappa shape index (κ3) is 3.12. The first-order valence-corrected chi connectivity index (χ1v) is 8.59. The van der Waals surface area contributed by atoms with Gasteiger partial charge in [-0.05, 0) is 30.3 Å². The van der Waals surface area contributed by atoms with E-state index in [4.69, 9.17) is 15.2 Å². The first-order valence-electron chi connectivity index (χ1n) is 8.59. The van der Waals surface area contributed by atoms with Crippen LogP contribution in [-0.4, -0.2) is 49.7 Å². The lowest BCUT2D eigenvalue weighted by Crippen LogP contribution is -2.54. The monoisotopic (exact) mass is 357 g/mol. The maximum Gasteiger partial charge on any atom is 0.267 e. The number of amides is 1. The van der Waals surface area contributed by atoms with Gasteiger partial charge in [-0.25, -0.2) is 4.39 Å². The van der Waals surface area contributed by atoms with E-state index in [1.54, 1.807) is 23.1 Å². The van der Waals surface area contributed by atoms with Crippen LogP contribution in [0, 0.1) is 5.82 Å². The Morgan fingerprint density at radius 3 is 2.54 bits per heavy atom. The Balaban J connectivity index is 1.38. The molecule has 0 radical (unpaired) electrons. The molecule has 7 heteroatoms. The second-order valence-corrected chi connectivity index (χ2v) is 6.39. The lowest BCUT2D eigenvalue weighted by molar-refractivity contribution is -0.141. The summed E-state index contributed by atoms with van der Waals surface area (Å²) in [6.45, 7) is 2.31. The van der Waals surface area contributed by atoms with Crippen molar-refractivity contribution in [2.24, 2.45) is 0 Å². The van der Waals surface area contributed by atoms with Crippen molar-refractivity contribution < 1.29 is 18.7 Å². The van der Waals surface area contributed by atoms with Crippen LogP contribution in [0.5, 0.6) is 11.5 Å². The van der Waals surface area contributed by atoms with Crippen molar-refractivity contribution in [1.29, 1.82) is 0 Å². The molecule has 1 amide bonds. The maximum atomic E-state index is 14.1. The van der Waals surface area contributed by atoms with Crippen LogP contribution in [0.15, 0.2) is 42.5 Å². The fourth-order valence-corrected chi connectivity index (χ4v) is 3.29. The molecule has 2 N–H and O–H groups in total. The molecule has 0 aliphatic carbocycles. The number of nitrogens with zero attached hydrogens (tertiary/aromatic N) is 2. The van der Waals surface area contributed by atoms with Crippen LogP contribution in [0.3, 0.4) is 0 Å². The number of carbonyl (C=O) groups is 1. The number of benzene rings is 2. The molecular weight excluding hydrogens is 337 g/mol. The second-order valence-electron chi connectivity index (χ2n) is 6.39. The highest BCUT2D eigenvalue weighted by Crippen LogP contribution is 2.31. The number of hydrogen-bond donors (Lipinski definition) is 1. The van der Waals surface area contributed by atoms with Crippen LogP contribution in [0.25, 0.3) is 0 Å². The van der Waals surface area contributed by atoms with E-state index in [0.29, 0.717) is 49.1 Å². The molecule has 2 heterocycles. The number of halogens is 1. The van der Waals surface area contributed by atoms with Gasteiger partial charge in [-0.3, -0.25) is 4.79 Å². The summed E-state index contributed by atoms with van der Waals surface area (Å²) in [5, 5.41) is 0. The Morgan fingerprint density at radius 2 is 1.81 bits per heavy atom. The van der Waals surface area contributed by atoms with Crippen molar-refractivity contribution in [3.8, 4) is 11.5 Å². The number of carbonyl (C=O) groups excluding carboxylic acids is 1. The van der Waals surface area contributed by atoms with Crippen LogP contribution in [0.1, 0.15) is 0 Å². The van der Waals surface area contributed by atoms with Gasteiger partial charge in [0.15, 0.2) is 11.5 Å². The number of nitrogen functional groups attached to an aromatic ring is 1. The summed E-state index contributed by atoms with van der Waals surface area (Å²) in [7, 11) is 0. The fraction of sp³-hybridized carbons (Fsp3) is 0.316. The molecule has 1 fully saturated rings. The molecule has 0 saturated carbocycles. The van der Waals surface area contributed by atoms with Crippen LogP contribution < -0.4 is 20.1 Å². The number of rotatable bonds is 2. The Morgan fingerprint density at radius 1 is 1.08 bits per heavy atom. The molecule has 26 heavy (non-hydrogen) atoms. The minimum Gasteiger partial charge on any atom is -0.485 e. The van der Waals surface area contributed by atoms with Crippen LogP contribution >= 0.6 is 0 Å². The highest BCUT2D eigenvalue weighted by atomic mass is 19.1. The zero-order valence-corrected chi connectivity index (χ0v) is 14.2. The number of hydrogen-bond acceptors (Lipinski definition) is 5. The van der Waals surface area contributed by atoms with Crippen LogP contribution in [-0.2, 0) is 4.79 Å². The van der Waals surface area contributed by atoms with E-state index in [2.05, 4.69) is 0 Å². The topological polar surface area (TPSA) is 68.0 Å². The van der Waals surface area contributed by atoms with Gasteiger partial charge in [0.05, 0.1) is 5.69 Å². The molecule has 4 rings (SSSR count). The molecular formula is C19H20FN3O3. The lowest BCUT2D eigenvalue weighted by atomic mass is 10.2. The minimum atomic E-state index is -0.648. The largest absolute Gasteiger partial charge is 0.485 e. The summed E-state index contributed by atoms with van der Waals surface area (Å²) in [6.07, 6.45) is -0.648. The first kappa shape index (κ1) is 16.5. The highest BCUT2D eigenvalue weighted by molar-refractivity contribution is 5.82. The van der Waals surface area contributed by atoms with Gasteiger partial charge in [0, 0.05) is 31.9 Å². The van der Waals surface area contributed by atoms with Crippen LogP contribution in [0.4, 0.5) is 15.8 Å². The van der Waals surface area contributed by atoms with Crippen molar-refractivity contribution >= 4 is 17.3 Å². The van der Waals surface area contributed by atoms with Gasteiger partial charge in [0.2, 0.25) is 6.10 Å². The maximum absolute atomic E-state index is 14.1. The molecule has 1 saturated heterocycles. The molecule has 2 aliphatic heterocycles. The molecule has 136 valence electrons. The van der Waals surface area contributed by atoms with Gasteiger partial charge < -0.3 is 25.0 Å². The van der Waals surface area contributed by atoms with Crippen molar-refractivity contribution in [3.05, 3.63) is 48.3 Å². The number of fused-ring (bicyclic) bond motifs is 1. The van der Waals surface area contributed by atoms with E-state index in [1.165, 1.54) is 6.07 Å². The normalized spacial score (nSPS) is 19.3. The van der Waals surface area contributed by atoms with E-state index in [1.807, 2.05) is 23.1 Å². The van der Waals surface area contributed by atoms with E-state index < -0.39 is 6.10 Å². The lowest BCUT2D eigenvalue weighted by Gasteiger charge is -2.38. The molecule has 6 nitrogen and oxygen atoms in total. The molecule has 2 aliphatic rings. The Kier molecular flexibility index (Phi) is 4.28. The number of anilines is 2. The highest BCUT2D eigenvalue weighted by Gasteiger charge is 2.33. The summed E-state index contributed by atoms with van der Waals surface area (Å²) < 4.78 is 25.5. The van der Waals surface area contributed by atoms with Gasteiger partial charge in [-0.15, -0.1) is 0 Å². The van der Waals surface area contributed by atoms with Crippen molar-refractivity contribution in [1.82, 2.24) is 4.90 Å². The van der Waals surface area contributed by atoms with Gasteiger partial charge in [0.25, 0.3) is 5.91 Å². The number of para-hydroxylation sites is 2. The summed E-state index contributed by atoms with van der Waals surface area (Å²) in [5.74, 6) is 0.794. The van der Waals surface area contributed by atoms with E-state index >= 15 is 0 Å². The van der Waals surface area contributed by atoms with Crippen LogP contribution in [0.2, 0.25) is 0 Å². The standard InChI is InChI=1S/C19H20FN3O3/c20-14-11-13(21)5-6-15(14)22-7-9-23(10-8-22)19(24)18-12-25-16-3-1-2-4-17(16)26-18/h1-6,11,18H,7-10,12,21H2/t18-/m1/s1. The molecule has 2 aromatic carbocycles. The zero-order valence-electron chi connectivity index (χ0n) is 14.2. The second kappa shape index (κ2) is 6.74. The SMILES string of the molecule is Nc1ccc(N2CCN(C(=O)[C@H]3COc4ccccc4O3)CC2)c(F)c1. The predicted molar refractivity (Wildman–Crippen MR) is 96.0 cm³/mol. The summed E-state index contributed by atoms with van der Waals surface area (Å²) >= 11 is 0. The van der Waals surface area contributed by atoms with E-state index in [9.17, 15) is 9.18 Å². The molecule has 0 aromatic heterocycles. The van der Waals surface area contributed by atoms with Crippen molar-refractivity contribution in [2.75, 3.05) is 43.4 Å². The summed E-state index contributed by atoms with van der Waals surface area (Å²) in [6, 6.07) is 12.0. The Hall–Kier alpha value is -2.96. The number of nitrogens with two attached hydrogens (primary N) is 1. The molecule has 2 aromatic rings. The Bertz CT molecular complexity index is 821. The van der Waals surface area contributed by atoms with Gasteiger partial charge in [-0.2, -0.15) is 0 Å². The first-order chi connectivity index (χ1) is 12.6. The minimum absolute atomic E-state index is 0.100. The predicted octanol–water partition coefficient (Wildman–Crippen LogP) is 1.90. The van der Waals surface area contributed by atoms with Crippen molar-refractivity contribution in [3.63, 3.8) is 0 Å². The third-order valence-corrected chi connectivity index (χ3v) is 4.69. The zero-order chi connectivity index (χ0) is 18.1. The molecule has 0 unspecified atom stereocenters. The summed E-state index contributed by atoms with van der Waals surface area (Å²) in [4.78, 5) is 16.4. The summed E-state index contributed by atoms with van der Waals surface area (Å²) in [5.41, 5.74) is 6.51. The number of piperazine rings is 1. The molecule has 1 atom stereocenters. The van der Waals surface area contributed by atoms with E-state index in [-0.39, 0.29) is 18.3 Å². The van der Waals surface area contributed by atoms with Crippen molar-refractivity contribution in [2.45, 2.75) is 6.10 Å². The van der Waals surface area contributed by atoms with Gasteiger partial charge >= 0.3 is 0 Å². The average molecular weight is 357 g/mol. The van der Waals surface area contributed by atoms with Gasteiger partial charge in [0.1, 0.15) is 12.4 Å².